The van der Waals surface area contributed by atoms with Crippen molar-refractivity contribution < 1.29 is 24.7 Å². The summed E-state index contributed by atoms with van der Waals surface area (Å²) in [6.07, 6.45) is 2.41. The summed E-state index contributed by atoms with van der Waals surface area (Å²) < 4.78 is 0. The van der Waals surface area contributed by atoms with Crippen LogP contribution < -0.4 is 5.64 Å². The largest absolute Gasteiger partial charge is 0.478 e. The summed E-state index contributed by atoms with van der Waals surface area (Å²) >= 11 is 0. The van der Waals surface area contributed by atoms with Gasteiger partial charge in [-0.05, 0) is 29.4 Å². The van der Waals surface area contributed by atoms with E-state index in [1.165, 1.54) is 23.9 Å². The summed E-state index contributed by atoms with van der Waals surface area (Å²) in [4.78, 5) is 25.4. The van der Waals surface area contributed by atoms with Gasteiger partial charge in [-0.25, -0.2) is 9.59 Å². The molecule has 0 aliphatic carbocycles. The highest BCUT2D eigenvalue weighted by atomic mass is 16.8. The van der Waals surface area contributed by atoms with Crippen LogP contribution in [0.5, 0.6) is 0 Å². The number of carboxylic acid groups (broad SMARTS) is 1. The topological polar surface area (TPSA) is 95.9 Å². The Morgan fingerprint density at radius 3 is 2.75 bits per heavy atom. The molecule has 0 atom stereocenters. The van der Waals surface area contributed by atoms with Gasteiger partial charge in [0.05, 0.1) is 5.56 Å². The van der Waals surface area contributed by atoms with Gasteiger partial charge < -0.3 is 9.94 Å². The number of rotatable bonds is 4. The van der Waals surface area contributed by atoms with Crippen LogP contribution in [-0.2, 0) is 9.63 Å². The minimum atomic E-state index is -1.05. The molecular formula is C10H9NO5. The molecule has 0 heterocycles. The Balaban J connectivity index is 2.77. The molecule has 0 spiro atoms. The number of carbonyl (C=O) groups is 2. The number of carboxylic acids is 1. The summed E-state index contributed by atoms with van der Waals surface area (Å²) in [6, 6.07) is 6.02. The number of nitrogens with one attached hydrogen (secondary N) is 1. The van der Waals surface area contributed by atoms with Gasteiger partial charge in [-0.3, -0.25) is 5.21 Å². The minimum absolute atomic E-state index is 0.121. The van der Waals surface area contributed by atoms with Crippen LogP contribution in [0.3, 0.4) is 0 Å². The Morgan fingerprint density at radius 2 is 2.12 bits per heavy atom. The lowest BCUT2D eigenvalue weighted by molar-refractivity contribution is -0.170. The highest BCUT2D eigenvalue weighted by Gasteiger charge is 2.01. The first-order chi connectivity index (χ1) is 7.63. The summed E-state index contributed by atoms with van der Waals surface area (Å²) in [5.74, 6) is -1.85. The van der Waals surface area contributed by atoms with Gasteiger partial charge in [0.1, 0.15) is 0 Å². The SMILES string of the molecule is O=C(/C=C/c1cccc(C(=O)O)c1)ONO. The van der Waals surface area contributed by atoms with E-state index in [0.29, 0.717) is 5.56 Å². The van der Waals surface area contributed by atoms with Gasteiger partial charge in [0.2, 0.25) is 0 Å². The lowest BCUT2D eigenvalue weighted by atomic mass is 10.1. The molecule has 1 aromatic carbocycles. The van der Waals surface area contributed by atoms with Gasteiger partial charge in [-0.2, -0.15) is 0 Å². The lowest BCUT2D eigenvalue weighted by Gasteiger charge is -1.97. The predicted molar refractivity (Wildman–Crippen MR) is 53.4 cm³/mol. The van der Waals surface area contributed by atoms with Crippen molar-refractivity contribution in [3.05, 3.63) is 41.5 Å². The Morgan fingerprint density at radius 1 is 1.38 bits per heavy atom. The second kappa shape index (κ2) is 5.64. The molecule has 0 saturated carbocycles. The fraction of sp³-hybridized carbons (Fsp3) is 0. The molecule has 3 N–H and O–H groups in total. The molecule has 16 heavy (non-hydrogen) atoms. The second-order valence-corrected chi connectivity index (χ2v) is 2.78. The highest BCUT2D eigenvalue weighted by Crippen LogP contribution is 2.07. The van der Waals surface area contributed by atoms with Gasteiger partial charge in [-0.15, -0.1) is 0 Å². The normalized spacial score (nSPS) is 10.3. The zero-order chi connectivity index (χ0) is 12.0. The Hall–Kier alpha value is -2.18. The zero-order valence-corrected chi connectivity index (χ0v) is 8.08. The standard InChI is InChI=1S/C10H9NO5/c12-9(16-11-15)5-4-7-2-1-3-8(6-7)10(13)14/h1-6,11,15H,(H,13,14)/b5-4+. The molecule has 0 aromatic heterocycles. The van der Waals surface area contributed by atoms with Gasteiger partial charge in [0, 0.05) is 6.08 Å². The summed E-state index contributed by atoms with van der Waals surface area (Å²) in [6.45, 7) is 0. The highest BCUT2D eigenvalue weighted by molar-refractivity contribution is 5.90. The summed E-state index contributed by atoms with van der Waals surface area (Å²) in [7, 11) is 0. The molecule has 0 aliphatic heterocycles. The van der Waals surface area contributed by atoms with E-state index in [1.807, 2.05) is 0 Å². The van der Waals surface area contributed by atoms with E-state index in [9.17, 15) is 9.59 Å². The van der Waals surface area contributed by atoms with Crippen molar-refractivity contribution in [2.24, 2.45) is 0 Å². The molecule has 0 radical (unpaired) electrons. The second-order valence-electron chi connectivity index (χ2n) is 2.78. The van der Waals surface area contributed by atoms with E-state index in [4.69, 9.17) is 10.3 Å². The van der Waals surface area contributed by atoms with Crippen molar-refractivity contribution in [2.75, 3.05) is 0 Å². The number of aromatic carboxylic acids is 1. The maximum Gasteiger partial charge on any atom is 0.351 e. The van der Waals surface area contributed by atoms with Crippen LogP contribution >= 0.6 is 0 Å². The molecule has 6 nitrogen and oxygen atoms in total. The van der Waals surface area contributed by atoms with Crippen LogP contribution in [0.2, 0.25) is 0 Å². The Kier molecular flexibility index (Phi) is 4.19. The maximum atomic E-state index is 10.8. The first-order valence-electron chi connectivity index (χ1n) is 4.25. The Bertz CT molecular complexity index is 427. The van der Waals surface area contributed by atoms with Crippen molar-refractivity contribution in [1.29, 1.82) is 0 Å². The zero-order valence-electron chi connectivity index (χ0n) is 8.08. The van der Waals surface area contributed by atoms with Crippen molar-refractivity contribution >= 4 is 18.0 Å². The predicted octanol–water partition coefficient (Wildman–Crippen LogP) is 0.835. The van der Waals surface area contributed by atoms with E-state index in [-0.39, 0.29) is 5.56 Å². The lowest BCUT2D eigenvalue weighted by Crippen LogP contribution is -2.13. The van der Waals surface area contributed by atoms with Crippen molar-refractivity contribution in [2.45, 2.75) is 0 Å². The maximum absolute atomic E-state index is 10.8. The molecule has 1 rings (SSSR count). The number of carbonyl (C=O) groups excluding carboxylic acids is 1. The molecular weight excluding hydrogens is 214 g/mol. The van der Waals surface area contributed by atoms with Crippen LogP contribution in [0.4, 0.5) is 0 Å². The molecule has 84 valence electrons. The van der Waals surface area contributed by atoms with E-state index in [2.05, 4.69) is 4.84 Å². The quantitative estimate of drug-likeness (QED) is 0.517. The molecule has 0 saturated heterocycles. The fourth-order valence-electron chi connectivity index (χ4n) is 1.02. The summed E-state index contributed by atoms with van der Waals surface area (Å²) in [5, 5.41) is 16.8. The molecule has 6 heteroatoms. The first kappa shape index (κ1) is 11.9. The molecule has 1 aromatic rings. The third kappa shape index (κ3) is 3.52. The van der Waals surface area contributed by atoms with Gasteiger partial charge in [-0.1, -0.05) is 12.1 Å². The fourth-order valence-corrected chi connectivity index (χ4v) is 1.02. The average molecular weight is 223 g/mol. The van der Waals surface area contributed by atoms with Crippen LogP contribution in [0.25, 0.3) is 6.08 Å². The average Bonchev–Trinajstić information content (AvgIpc) is 2.27. The van der Waals surface area contributed by atoms with Gasteiger partial charge >= 0.3 is 11.9 Å². The van der Waals surface area contributed by atoms with E-state index >= 15 is 0 Å². The van der Waals surface area contributed by atoms with Crippen molar-refractivity contribution in [3.63, 3.8) is 0 Å². The molecule has 0 aliphatic rings. The first-order valence-corrected chi connectivity index (χ1v) is 4.25. The van der Waals surface area contributed by atoms with Crippen LogP contribution in [0.15, 0.2) is 30.3 Å². The third-order valence-corrected chi connectivity index (χ3v) is 1.69. The molecule has 0 bridgehead atoms. The van der Waals surface area contributed by atoms with Crippen LogP contribution in [0, 0.1) is 0 Å². The van der Waals surface area contributed by atoms with E-state index < -0.39 is 11.9 Å². The van der Waals surface area contributed by atoms with Crippen LogP contribution in [-0.4, -0.2) is 22.3 Å². The Labute approximate surface area is 90.7 Å². The number of hydrogen-bond acceptors (Lipinski definition) is 5. The molecule has 0 fully saturated rings. The smallest absolute Gasteiger partial charge is 0.351 e. The third-order valence-electron chi connectivity index (χ3n) is 1.69. The van der Waals surface area contributed by atoms with Crippen molar-refractivity contribution in [1.82, 2.24) is 5.64 Å². The number of benzene rings is 1. The minimum Gasteiger partial charge on any atom is -0.478 e. The van der Waals surface area contributed by atoms with E-state index in [0.717, 1.165) is 6.08 Å². The molecule has 0 amide bonds. The summed E-state index contributed by atoms with van der Waals surface area (Å²) in [5.41, 5.74) is 1.90. The van der Waals surface area contributed by atoms with Crippen LogP contribution in [0.1, 0.15) is 15.9 Å². The van der Waals surface area contributed by atoms with Crippen molar-refractivity contribution in [3.8, 4) is 0 Å². The monoisotopic (exact) mass is 223 g/mol. The van der Waals surface area contributed by atoms with Gasteiger partial charge in [0.15, 0.2) is 0 Å². The number of hydrogen-bond donors (Lipinski definition) is 3. The van der Waals surface area contributed by atoms with Gasteiger partial charge in [0.25, 0.3) is 0 Å². The molecule has 0 unspecified atom stereocenters. The van der Waals surface area contributed by atoms with E-state index in [1.54, 1.807) is 12.1 Å².